The van der Waals surface area contributed by atoms with Crippen LogP contribution in [-0.4, -0.2) is 50.3 Å². The fourth-order valence-electron chi connectivity index (χ4n) is 3.95. The van der Waals surface area contributed by atoms with E-state index in [1.165, 1.54) is 5.56 Å². The Kier molecular flexibility index (Phi) is 6.22. The quantitative estimate of drug-likeness (QED) is 0.745. The molecule has 7 nitrogen and oxygen atoms in total. The first kappa shape index (κ1) is 19.6. The van der Waals surface area contributed by atoms with Gasteiger partial charge < -0.3 is 10.2 Å². The van der Waals surface area contributed by atoms with Crippen LogP contribution in [0.4, 0.5) is 0 Å². The lowest BCUT2D eigenvalue weighted by Gasteiger charge is -2.36. The molecular weight excluding hydrogens is 366 g/mol. The molecule has 2 heterocycles. The summed E-state index contributed by atoms with van der Waals surface area (Å²) in [5.74, 6) is 0.0933. The molecule has 1 atom stereocenters. The SMILES string of the molecule is O=C(NC1CC1)c1cn(CCC2CCCCN2C(=O)CCc2ccccc2)nn1. The molecule has 1 unspecified atom stereocenters. The second kappa shape index (κ2) is 9.20. The number of hydrogen-bond acceptors (Lipinski definition) is 4. The molecule has 2 aromatic rings. The minimum Gasteiger partial charge on any atom is -0.348 e. The number of piperidine rings is 1. The highest BCUT2D eigenvalue weighted by atomic mass is 16.2. The van der Waals surface area contributed by atoms with Crippen molar-refractivity contribution in [3.8, 4) is 0 Å². The zero-order chi connectivity index (χ0) is 20.1. The molecule has 154 valence electrons. The summed E-state index contributed by atoms with van der Waals surface area (Å²) in [6.07, 6.45) is 9.24. The van der Waals surface area contributed by atoms with E-state index in [-0.39, 0.29) is 17.9 Å². The zero-order valence-corrected chi connectivity index (χ0v) is 16.8. The Hall–Kier alpha value is -2.70. The normalized spacial score (nSPS) is 19.2. The maximum atomic E-state index is 12.8. The third kappa shape index (κ3) is 5.43. The lowest BCUT2D eigenvalue weighted by molar-refractivity contribution is -0.135. The molecule has 1 aromatic carbocycles. The van der Waals surface area contributed by atoms with Crippen LogP contribution in [0.15, 0.2) is 36.5 Å². The Morgan fingerprint density at radius 2 is 1.93 bits per heavy atom. The molecule has 1 aromatic heterocycles. The van der Waals surface area contributed by atoms with Gasteiger partial charge >= 0.3 is 0 Å². The molecule has 2 fully saturated rings. The summed E-state index contributed by atoms with van der Waals surface area (Å²) >= 11 is 0. The molecular formula is C22H29N5O2. The van der Waals surface area contributed by atoms with Crippen molar-refractivity contribution < 1.29 is 9.59 Å². The average molecular weight is 396 g/mol. The van der Waals surface area contributed by atoms with E-state index in [0.717, 1.165) is 51.5 Å². The molecule has 0 spiro atoms. The van der Waals surface area contributed by atoms with Gasteiger partial charge in [-0.1, -0.05) is 35.5 Å². The fourth-order valence-corrected chi connectivity index (χ4v) is 3.95. The lowest BCUT2D eigenvalue weighted by atomic mass is 9.98. The van der Waals surface area contributed by atoms with Gasteiger partial charge in [-0.05, 0) is 50.5 Å². The van der Waals surface area contributed by atoms with Gasteiger partial charge in [0.1, 0.15) is 0 Å². The van der Waals surface area contributed by atoms with E-state index in [4.69, 9.17) is 0 Å². The van der Waals surface area contributed by atoms with Crippen molar-refractivity contribution in [3.05, 3.63) is 47.8 Å². The van der Waals surface area contributed by atoms with Gasteiger partial charge in [0.05, 0.1) is 6.20 Å². The van der Waals surface area contributed by atoms with Gasteiger partial charge in [0.2, 0.25) is 5.91 Å². The molecule has 29 heavy (non-hydrogen) atoms. The van der Waals surface area contributed by atoms with Crippen LogP contribution in [0.1, 0.15) is 61.0 Å². The summed E-state index contributed by atoms with van der Waals surface area (Å²) in [6, 6.07) is 10.7. The second-order valence-corrected chi connectivity index (χ2v) is 8.13. The molecule has 2 aliphatic rings. The van der Waals surface area contributed by atoms with E-state index in [0.29, 0.717) is 24.7 Å². The van der Waals surface area contributed by atoms with Crippen LogP contribution < -0.4 is 5.32 Å². The van der Waals surface area contributed by atoms with Crippen molar-refractivity contribution in [2.24, 2.45) is 0 Å². The van der Waals surface area contributed by atoms with Crippen LogP contribution in [0.3, 0.4) is 0 Å². The summed E-state index contributed by atoms with van der Waals surface area (Å²) in [5, 5.41) is 11.0. The largest absolute Gasteiger partial charge is 0.348 e. The maximum absolute atomic E-state index is 12.8. The van der Waals surface area contributed by atoms with Crippen LogP contribution in [0.5, 0.6) is 0 Å². The van der Waals surface area contributed by atoms with Gasteiger partial charge in [-0.3, -0.25) is 14.3 Å². The third-order valence-corrected chi connectivity index (χ3v) is 5.79. The van der Waals surface area contributed by atoms with Gasteiger partial charge in [0.25, 0.3) is 5.91 Å². The van der Waals surface area contributed by atoms with Crippen molar-refractivity contribution in [1.29, 1.82) is 0 Å². The Bertz CT molecular complexity index is 831. The molecule has 4 rings (SSSR count). The van der Waals surface area contributed by atoms with Crippen molar-refractivity contribution in [3.63, 3.8) is 0 Å². The van der Waals surface area contributed by atoms with Gasteiger partial charge in [-0.15, -0.1) is 5.10 Å². The molecule has 1 N–H and O–H groups in total. The predicted octanol–water partition coefficient (Wildman–Crippen LogP) is 2.57. The number of hydrogen-bond donors (Lipinski definition) is 1. The average Bonchev–Trinajstić information content (AvgIpc) is 3.44. The monoisotopic (exact) mass is 395 g/mol. The molecule has 1 aliphatic heterocycles. The lowest BCUT2D eigenvalue weighted by Crippen LogP contribution is -2.44. The van der Waals surface area contributed by atoms with E-state index < -0.39 is 0 Å². The van der Waals surface area contributed by atoms with E-state index in [2.05, 4.69) is 32.7 Å². The van der Waals surface area contributed by atoms with Crippen molar-refractivity contribution in [2.75, 3.05) is 6.54 Å². The first-order chi connectivity index (χ1) is 14.2. The molecule has 1 saturated heterocycles. The van der Waals surface area contributed by atoms with Crippen molar-refractivity contribution in [1.82, 2.24) is 25.2 Å². The summed E-state index contributed by atoms with van der Waals surface area (Å²) in [5.41, 5.74) is 1.57. The fraction of sp³-hybridized carbons (Fsp3) is 0.545. The smallest absolute Gasteiger partial charge is 0.273 e. The van der Waals surface area contributed by atoms with E-state index >= 15 is 0 Å². The number of likely N-dealkylation sites (tertiary alicyclic amines) is 1. The Balaban J connectivity index is 1.29. The highest BCUT2D eigenvalue weighted by Gasteiger charge is 2.27. The highest BCUT2D eigenvalue weighted by Crippen LogP contribution is 2.22. The molecule has 0 bridgehead atoms. The van der Waals surface area contributed by atoms with Crippen LogP contribution in [0, 0.1) is 0 Å². The number of rotatable bonds is 8. The van der Waals surface area contributed by atoms with Crippen molar-refractivity contribution in [2.45, 2.75) is 70.0 Å². The van der Waals surface area contributed by atoms with Crippen LogP contribution >= 0.6 is 0 Å². The maximum Gasteiger partial charge on any atom is 0.273 e. The second-order valence-electron chi connectivity index (χ2n) is 8.13. The number of aromatic nitrogens is 3. The minimum absolute atomic E-state index is 0.144. The minimum atomic E-state index is -0.144. The number of amides is 2. The van der Waals surface area contributed by atoms with Gasteiger partial charge in [-0.25, -0.2) is 0 Å². The van der Waals surface area contributed by atoms with Crippen LogP contribution in [0.2, 0.25) is 0 Å². The molecule has 7 heteroatoms. The van der Waals surface area contributed by atoms with Crippen LogP contribution in [-0.2, 0) is 17.8 Å². The van der Waals surface area contributed by atoms with Gasteiger partial charge in [0.15, 0.2) is 5.69 Å². The topological polar surface area (TPSA) is 80.1 Å². The standard InChI is InChI=1S/C22H29N5O2/c28-21(12-9-17-6-2-1-3-7-17)27-14-5-4-8-19(27)13-15-26-16-20(24-25-26)22(29)23-18-10-11-18/h1-3,6-7,16,18-19H,4-5,8-15H2,(H,23,29). The van der Waals surface area contributed by atoms with Gasteiger partial charge in [-0.2, -0.15) is 0 Å². The Morgan fingerprint density at radius 1 is 1.10 bits per heavy atom. The number of carbonyl (C=O) groups excluding carboxylic acids is 2. The molecule has 1 aliphatic carbocycles. The number of aryl methyl sites for hydroxylation is 2. The number of benzene rings is 1. The molecule has 2 amide bonds. The number of nitrogens with one attached hydrogen (secondary N) is 1. The third-order valence-electron chi connectivity index (χ3n) is 5.79. The predicted molar refractivity (Wildman–Crippen MR) is 109 cm³/mol. The summed E-state index contributed by atoms with van der Waals surface area (Å²) in [7, 11) is 0. The van der Waals surface area contributed by atoms with E-state index in [9.17, 15) is 9.59 Å². The molecule has 0 radical (unpaired) electrons. The molecule has 1 saturated carbocycles. The van der Waals surface area contributed by atoms with Gasteiger partial charge in [0, 0.05) is 31.6 Å². The number of carbonyl (C=O) groups is 2. The summed E-state index contributed by atoms with van der Waals surface area (Å²) in [6.45, 7) is 1.50. The number of nitrogens with zero attached hydrogens (tertiary/aromatic N) is 4. The summed E-state index contributed by atoms with van der Waals surface area (Å²) in [4.78, 5) is 27.0. The first-order valence-electron chi connectivity index (χ1n) is 10.7. The highest BCUT2D eigenvalue weighted by molar-refractivity contribution is 5.92. The van der Waals surface area contributed by atoms with Crippen molar-refractivity contribution >= 4 is 11.8 Å². The Morgan fingerprint density at radius 3 is 2.72 bits per heavy atom. The van der Waals surface area contributed by atoms with Crippen LogP contribution in [0.25, 0.3) is 0 Å². The summed E-state index contributed by atoms with van der Waals surface area (Å²) < 4.78 is 1.73. The van der Waals surface area contributed by atoms with E-state index in [1.54, 1.807) is 10.9 Å². The zero-order valence-electron chi connectivity index (χ0n) is 16.8. The Labute approximate surface area is 171 Å². The van der Waals surface area contributed by atoms with E-state index in [1.807, 2.05) is 18.2 Å². The first-order valence-corrected chi connectivity index (χ1v) is 10.7.